The topological polar surface area (TPSA) is 40.5 Å². The second-order valence-corrected chi connectivity index (χ2v) is 11.6. The molecule has 0 aliphatic heterocycles. The summed E-state index contributed by atoms with van der Waals surface area (Å²) in [5.41, 5.74) is 6.86. The normalized spacial score (nSPS) is 16.5. The standard InChI is InChI=1S/C29H42O2/c1-28(2,3)24-16-20-12-10-8-7-9-11-13-21-17-25(29(4,5)6)19-23(27(21)31)15-14-22(18-24)26(20)30/h16-19,30-31H,7-15H2,1-6H3. The lowest BCUT2D eigenvalue weighted by atomic mass is 9.82. The van der Waals surface area contributed by atoms with Crippen LogP contribution in [0.15, 0.2) is 24.3 Å². The van der Waals surface area contributed by atoms with Gasteiger partial charge in [-0.1, -0.05) is 85.1 Å². The third-order valence-electron chi connectivity index (χ3n) is 6.82. The van der Waals surface area contributed by atoms with Gasteiger partial charge in [-0.05, 0) is 82.7 Å². The highest BCUT2D eigenvalue weighted by atomic mass is 16.3. The van der Waals surface area contributed by atoms with Gasteiger partial charge in [-0.25, -0.2) is 0 Å². The summed E-state index contributed by atoms with van der Waals surface area (Å²) < 4.78 is 0. The predicted octanol–water partition coefficient (Wildman–Crippen LogP) is 7.53. The van der Waals surface area contributed by atoms with Crippen molar-refractivity contribution >= 4 is 0 Å². The summed E-state index contributed by atoms with van der Waals surface area (Å²) >= 11 is 0. The Balaban J connectivity index is 2.06. The van der Waals surface area contributed by atoms with E-state index in [1.165, 1.54) is 30.4 Å². The minimum Gasteiger partial charge on any atom is -0.507 e. The lowest BCUT2D eigenvalue weighted by Crippen LogP contribution is -2.13. The molecule has 0 amide bonds. The molecule has 2 heteroatoms. The van der Waals surface area contributed by atoms with Crippen molar-refractivity contribution in [1.29, 1.82) is 0 Å². The van der Waals surface area contributed by atoms with Gasteiger partial charge in [-0.2, -0.15) is 0 Å². The number of aryl methyl sites for hydroxylation is 4. The molecule has 0 aromatic heterocycles. The Morgan fingerprint density at radius 1 is 0.484 bits per heavy atom. The number of phenolic OH excluding ortho intramolecular Hbond substituents is 2. The number of fused-ring (bicyclic) bond motifs is 4. The Morgan fingerprint density at radius 2 is 0.774 bits per heavy atom. The first-order valence-corrected chi connectivity index (χ1v) is 12.2. The van der Waals surface area contributed by atoms with E-state index in [4.69, 9.17) is 0 Å². The summed E-state index contributed by atoms with van der Waals surface area (Å²) in [6, 6.07) is 8.80. The molecule has 0 saturated heterocycles. The van der Waals surface area contributed by atoms with Gasteiger partial charge in [0.15, 0.2) is 0 Å². The van der Waals surface area contributed by atoms with Crippen LogP contribution in [-0.2, 0) is 36.5 Å². The average Bonchev–Trinajstić information content (AvgIpc) is 2.67. The summed E-state index contributed by atoms with van der Waals surface area (Å²) in [5.74, 6) is 0.934. The first kappa shape index (κ1) is 23.7. The van der Waals surface area contributed by atoms with Crippen LogP contribution in [-0.4, -0.2) is 10.2 Å². The first-order valence-electron chi connectivity index (χ1n) is 12.2. The summed E-state index contributed by atoms with van der Waals surface area (Å²) in [6.45, 7) is 13.4. The maximum atomic E-state index is 11.1. The molecule has 1 aliphatic rings. The third-order valence-corrected chi connectivity index (χ3v) is 6.82. The van der Waals surface area contributed by atoms with Crippen molar-refractivity contribution in [3.63, 3.8) is 0 Å². The SMILES string of the molecule is CC(C)(C)c1cc2c(O)c(c1)CCc1cc(C(C)(C)C)cc(c1O)CCCCCCC2. The molecule has 1 aliphatic carbocycles. The molecule has 2 aromatic carbocycles. The van der Waals surface area contributed by atoms with Crippen LogP contribution < -0.4 is 0 Å². The van der Waals surface area contributed by atoms with Crippen molar-refractivity contribution in [2.24, 2.45) is 0 Å². The highest BCUT2D eigenvalue weighted by molar-refractivity contribution is 5.49. The number of aromatic hydroxyl groups is 2. The minimum atomic E-state index is 0.0432. The number of benzene rings is 2. The van der Waals surface area contributed by atoms with E-state index in [0.29, 0.717) is 11.5 Å². The van der Waals surface area contributed by atoms with E-state index in [1.807, 2.05) is 0 Å². The van der Waals surface area contributed by atoms with Crippen LogP contribution in [0.2, 0.25) is 0 Å². The maximum Gasteiger partial charge on any atom is 0.121 e. The summed E-state index contributed by atoms with van der Waals surface area (Å²) in [4.78, 5) is 0. The molecule has 0 radical (unpaired) electrons. The van der Waals surface area contributed by atoms with Gasteiger partial charge >= 0.3 is 0 Å². The first-order chi connectivity index (χ1) is 14.5. The van der Waals surface area contributed by atoms with Crippen LogP contribution >= 0.6 is 0 Å². The van der Waals surface area contributed by atoms with Crippen LogP contribution in [0.3, 0.4) is 0 Å². The fourth-order valence-corrected chi connectivity index (χ4v) is 4.58. The molecule has 0 saturated carbocycles. The molecule has 0 heterocycles. The number of phenols is 2. The fourth-order valence-electron chi connectivity index (χ4n) is 4.58. The van der Waals surface area contributed by atoms with Gasteiger partial charge in [0.05, 0.1) is 0 Å². The molecule has 2 aromatic rings. The Kier molecular flexibility index (Phi) is 7.08. The lowest BCUT2D eigenvalue weighted by Gasteiger charge is -2.24. The molecule has 0 fully saturated rings. The minimum absolute atomic E-state index is 0.0432. The summed E-state index contributed by atoms with van der Waals surface area (Å²) in [7, 11) is 0. The summed E-state index contributed by atoms with van der Waals surface area (Å²) in [6.07, 6.45) is 9.18. The molecule has 170 valence electrons. The van der Waals surface area contributed by atoms with E-state index in [9.17, 15) is 10.2 Å². The second-order valence-electron chi connectivity index (χ2n) is 11.6. The van der Waals surface area contributed by atoms with Crippen molar-refractivity contribution in [2.75, 3.05) is 0 Å². The number of hydrogen-bond donors (Lipinski definition) is 2. The number of hydrogen-bond acceptors (Lipinski definition) is 2. The van der Waals surface area contributed by atoms with Gasteiger partial charge < -0.3 is 10.2 Å². The van der Waals surface area contributed by atoms with Crippen molar-refractivity contribution in [1.82, 2.24) is 0 Å². The van der Waals surface area contributed by atoms with E-state index in [1.54, 1.807) is 0 Å². The van der Waals surface area contributed by atoms with Crippen LogP contribution in [0.5, 0.6) is 11.5 Å². The van der Waals surface area contributed by atoms with Crippen molar-refractivity contribution < 1.29 is 10.2 Å². The van der Waals surface area contributed by atoms with Crippen molar-refractivity contribution in [3.8, 4) is 11.5 Å². The highest BCUT2D eigenvalue weighted by Crippen LogP contribution is 2.36. The predicted molar refractivity (Wildman–Crippen MR) is 132 cm³/mol. The molecular formula is C29H42O2. The van der Waals surface area contributed by atoms with Gasteiger partial charge in [-0.3, -0.25) is 0 Å². The molecule has 0 spiro atoms. The van der Waals surface area contributed by atoms with Crippen molar-refractivity contribution in [2.45, 2.75) is 110 Å². The Hall–Kier alpha value is -1.96. The van der Waals surface area contributed by atoms with E-state index in [0.717, 1.165) is 60.8 Å². The van der Waals surface area contributed by atoms with E-state index in [2.05, 4.69) is 65.8 Å². The van der Waals surface area contributed by atoms with E-state index in [-0.39, 0.29) is 10.8 Å². The average molecular weight is 423 g/mol. The lowest BCUT2D eigenvalue weighted by molar-refractivity contribution is 0.452. The summed E-state index contributed by atoms with van der Waals surface area (Å²) in [5, 5.41) is 22.1. The quantitative estimate of drug-likeness (QED) is 0.461. The van der Waals surface area contributed by atoms with Gasteiger partial charge in [0.2, 0.25) is 0 Å². The Bertz CT molecular complexity index is 834. The van der Waals surface area contributed by atoms with E-state index < -0.39 is 0 Å². The highest BCUT2D eigenvalue weighted by Gasteiger charge is 2.21. The van der Waals surface area contributed by atoms with Gasteiger partial charge in [0.25, 0.3) is 0 Å². The van der Waals surface area contributed by atoms with Gasteiger partial charge in [0.1, 0.15) is 11.5 Å². The fraction of sp³-hybridized carbons (Fsp3) is 0.586. The molecule has 2 nitrogen and oxygen atoms in total. The third kappa shape index (κ3) is 5.84. The van der Waals surface area contributed by atoms with Gasteiger partial charge in [0, 0.05) is 0 Å². The smallest absolute Gasteiger partial charge is 0.121 e. The number of rotatable bonds is 0. The molecule has 2 N–H and O–H groups in total. The Morgan fingerprint density at radius 3 is 1.10 bits per heavy atom. The molecule has 4 bridgehead atoms. The van der Waals surface area contributed by atoms with Crippen LogP contribution in [0.25, 0.3) is 0 Å². The van der Waals surface area contributed by atoms with Gasteiger partial charge in [-0.15, -0.1) is 0 Å². The molecular weight excluding hydrogens is 380 g/mol. The monoisotopic (exact) mass is 422 g/mol. The van der Waals surface area contributed by atoms with Crippen LogP contribution in [0.4, 0.5) is 0 Å². The molecule has 3 rings (SSSR count). The molecule has 0 atom stereocenters. The Labute approximate surface area is 189 Å². The van der Waals surface area contributed by atoms with Crippen LogP contribution in [0.1, 0.15) is 107 Å². The maximum absolute atomic E-state index is 11.1. The molecule has 0 unspecified atom stereocenters. The zero-order valence-corrected chi connectivity index (χ0v) is 20.6. The second kappa shape index (κ2) is 9.27. The molecule has 31 heavy (non-hydrogen) atoms. The van der Waals surface area contributed by atoms with Crippen LogP contribution in [0, 0.1) is 0 Å². The van der Waals surface area contributed by atoms with E-state index >= 15 is 0 Å². The zero-order valence-electron chi connectivity index (χ0n) is 20.6. The zero-order chi connectivity index (χ0) is 22.8. The largest absolute Gasteiger partial charge is 0.507 e. The van der Waals surface area contributed by atoms with Crippen molar-refractivity contribution in [3.05, 3.63) is 57.6 Å².